The summed E-state index contributed by atoms with van der Waals surface area (Å²) in [7, 11) is -1.96. The van der Waals surface area contributed by atoms with E-state index >= 15 is 0 Å². The molecule has 0 unspecified atom stereocenters. The summed E-state index contributed by atoms with van der Waals surface area (Å²) in [5, 5.41) is 7.06. The average molecular weight is 573 g/mol. The first-order chi connectivity index (χ1) is 19.8. The van der Waals surface area contributed by atoms with Gasteiger partial charge in [-0.2, -0.15) is 0 Å². The van der Waals surface area contributed by atoms with Crippen molar-refractivity contribution in [2.75, 3.05) is 25.3 Å². The van der Waals surface area contributed by atoms with Gasteiger partial charge in [0, 0.05) is 7.11 Å². The van der Waals surface area contributed by atoms with E-state index in [4.69, 9.17) is 4.74 Å². The number of methoxy groups -OCH3 is 1. The maximum Gasteiger partial charge on any atom is 0.178 e. The molecule has 0 amide bonds. The summed E-state index contributed by atoms with van der Waals surface area (Å²) in [5.74, 6) is 5.63. The van der Waals surface area contributed by atoms with Crippen molar-refractivity contribution in [3.05, 3.63) is 152 Å². The van der Waals surface area contributed by atoms with Crippen LogP contribution in [0, 0.1) is 11.5 Å². The molecule has 198 valence electrons. The van der Waals surface area contributed by atoms with E-state index < -0.39 is 23.9 Å². The molecule has 40 heavy (non-hydrogen) atoms. The topological polar surface area (TPSA) is 9.23 Å². The Kier molecular flexibility index (Phi) is 10.1. The van der Waals surface area contributed by atoms with Crippen LogP contribution in [0.1, 0.15) is 0 Å². The predicted octanol–water partition coefficient (Wildman–Crippen LogP) is 5.88. The average Bonchev–Trinajstić information content (AvgIpc) is 3.04. The summed E-state index contributed by atoms with van der Waals surface area (Å²) in [4.78, 5) is 0. The van der Waals surface area contributed by atoms with Crippen molar-refractivity contribution in [3.63, 3.8) is 0 Å². The molecular formula is C36H34OP2Si. The highest BCUT2D eigenvalue weighted by atomic mass is 31.1. The fourth-order valence-corrected chi connectivity index (χ4v) is 19.8. The summed E-state index contributed by atoms with van der Waals surface area (Å²) in [6, 6.07) is 55.5. The molecule has 0 spiro atoms. The molecule has 0 bridgehead atoms. The fourth-order valence-electron chi connectivity index (χ4n) is 5.05. The zero-order valence-electron chi connectivity index (χ0n) is 22.9. The molecule has 0 atom stereocenters. The van der Waals surface area contributed by atoms with Crippen molar-refractivity contribution in [2.24, 2.45) is 0 Å². The highest BCUT2D eigenvalue weighted by Gasteiger charge is 2.40. The molecule has 0 aliphatic heterocycles. The molecule has 0 aliphatic rings. The van der Waals surface area contributed by atoms with Crippen LogP contribution in [0.2, 0.25) is 0 Å². The first-order valence-corrected chi connectivity index (χ1v) is 19.1. The van der Waals surface area contributed by atoms with Gasteiger partial charge in [-0.3, -0.25) is 0 Å². The molecule has 5 aromatic rings. The van der Waals surface area contributed by atoms with Crippen LogP contribution in [0.5, 0.6) is 0 Å². The lowest BCUT2D eigenvalue weighted by molar-refractivity contribution is 0.240. The molecule has 0 aliphatic carbocycles. The standard InChI is InChI=1S/C36H34OP2Si/c1-37-28-17-29-40(36-26-15-6-16-27-36,30-38(32-18-7-2-8-19-32)33-20-9-3-10-21-33)31-39(34-22-11-4-12-23-34)35-24-13-5-14-25-35/h2-16,18-27H,28,30-31H2,1H3. The van der Waals surface area contributed by atoms with Gasteiger partial charge in [0.05, 0.1) is 0 Å². The molecule has 0 saturated heterocycles. The molecule has 0 aromatic heterocycles. The minimum atomic E-state index is -2.45. The van der Waals surface area contributed by atoms with Crippen molar-refractivity contribution in [1.29, 1.82) is 0 Å². The Morgan fingerprint density at radius 1 is 0.500 bits per heavy atom. The predicted molar refractivity (Wildman–Crippen MR) is 179 cm³/mol. The van der Waals surface area contributed by atoms with E-state index in [9.17, 15) is 0 Å². The monoisotopic (exact) mass is 572 g/mol. The van der Waals surface area contributed by atoms with Gasteiger partial charge >= 0.3 is 0 Å². The molecule has 0 fully saturated rings. The Morgan fingerprint density at radius 3 is 1.15 bits per heavy atom. The largest absolute Gasteiger partial charge is 0.372 e. The number of rotatable bonds is 10. The quantitative estimate of drug-likeness (QED) is 0.116. The van der Waals surface area contributed by atoms with Gasteiger partial charge in [0.15, 0.2) is 8.07 Å². The van der Waals surface area contributed by atoms with Crippen molar-refractivity contribution in [2.45, 2.75) is 0 Å². The third kappa shape index (κ3) is 7.06. The van der Waals surface area contributed by atoms with E-state index in [-0.39, 0.29) is 0 Å². The van der Waals surface area contributed by atoms with Crippen LogP contribution < -0.4 is 26.4 Å². The molecule has 1 nitrogen and oxygen atoms in total. The normalized spacial score (nSPS) is 11.3. The van der Waals surface area contributed by atoms with Gasteiger partial charge in [-0.15, -0.1) is 5.54 Å². The highest BCUT2D eigenvalue weighted by Crippen LogP contribution is 2.42. The zero-order chi connectivity index (χ0) is 27.5. The van der Waals surface area contributed by atoms with Gasteiger partial charge in [-0.1, -0.05) is 158 Å². The Labute approximate surface area is 242 Å². The zero-order valence-corrected chi connectivity index (χ0v) is 25.6. The van der Waals surface area contributed by atoms with Crippen molar-refractivity contribution < 1.29 is 4.74 Å². The van der Waals surface area contributed by atoms with Crippen molar-refractivity contribution >= 4 is 50.3 Å². The summed E-state index contributed by atoms with van der Waals surface area (Å²) >= 11 is 0. The first-order valence-electron chi connectivity index (χ1n) is 13.6. The summed E-state index contributed by atoms with van der Waals surface area (Å²) in [6.45, 7) is 0.449. The minimum Gasteiger partial charge on any atom is -0.372 e. The van der Waals surface area contributed by atoms with Gasteiger partial charge in [0.1, 0.15) is 6.61 Å². The Bertz CT molecular complexity index is 1340. The molecule has 0 heterocycles. The van der Waals surface area contributed by atoms with Gasteiger partial charge in [-0.25, -0.2) is 0 Å². The van der Waals surface area contributed by atoms with Crippen molar-refractivity contribution in [1.82, 2.24) is 0 Å². The van der Waals surface area contributed by atoms with Crippen LogP contribution in [-0.4, -0.2) is 33.4 Å². The van der Waals surface area contributed by atoms with E-state index in [0.717, 1.165) is 11.6 Å². The molecule has 0 saturated carbocycles. The number of hydrogen-bond acceptors (Lipinski definition) is 1. The Morgan fingerprint density at radius 2 is 0.825 bits per heavy atom. The van der Waals surface area contributed by atoms with Gasteiger partial charge in [0.2, 0.25) is 0 Å². The maximum absolute atomic E-state index is 5.48. The first kappa shape index (κ1) is 28.2. The third-order valence-corrected chi connectivity index (χ3v) is 19.6. The fraction of sp³-hybridized carbons (Fsp3) is 0.111. The SMILES string of the molecule is COCC#C[Si](CP(c1ccccc1)c1ccccc1)(CP(c1ccccc1)c1ccccc1)c1ccccc1. The lowest BCUT2D eigenvalue weighted by Gasteiger charge is -2.35. The molecule has 4 heteroatoms. The smallest absolute Gasteiger partial charge is 0.178 e. The van der Waals surface area contributed by atoms with Crippen LogP contribution in [0.25, 0.3) is 0 Å². The van der Waals surface area contributed by atoms with E-state index in [0.29, 0.717) is 6.61 Å². The van der Waals surface area contributed by atoms with E-state index in [1.165, 1.54) is 26.4 Å². The maximum atomic E-state index is 5.48. The van der Waals surface area contributed by atoms with Crippen LogP contribution in [0.4, 0.5) is 0 Å². The van der Waals surface area contributed by atoms with Crippen LogP contribution in [0.15, 0.2) is 152 Å². The Hall–Kier alpha value is -3.30. The summed E-state index contributed by atoms with van der Waals surface area (Å²) < 4.78 is 5.48. The molecular weight excluding hydrogens is 538 g/mol. The molecule has 0 radical (unpaired) electrons. The van der Waals surface area contributed by atoms with Gasteiger partial charge in [0.25, 0.3) is 0 Å². The molecule has 5 aromatic carbocycles. The van der Waals surface area contributed by atoms with Crippen molar-refractivity contribution in [3.8, 4) is 11.5 Å². The summed E-state index contributed by atoms with van der Waals surface area (Å²) in [5.41, 5.74) is 3.99. The number of hydrogen-bond donors (Lipinski definition) is 0. The van der Waals surface area contributed by atoms with Gasteiger partial charge in [-0.05, 0) is 53.8 Å². The van der Waals surface area contributed by atoms with E-state index in [1.54, 1.807) is 7.11 Å². The number of ether oxygens (including phenoxy) is 1. The van der Waals surface area contributed by atoms with Gasteiger partial charge < -0.3 is 4.74 Å². The highest BCUT2D eigenvalue weighted by molar-refractivity contribution is 7.78. The van der Waals surface area contributed by atoms with E-state index in [1.807, 2.05) is 0 Å². The Balaban J connectivity index is 1.71. The second-order valence-corrected chi connectivity index (χ2v) is 19.0. The third-order valence-electron chi connectivity index (χ3n) is 7.00. The van der Waals surface area contributed by atoms with E-state index in [2.05, 4.69) is 163 Å². The molecule has 0 N–H and O–H groups in total. The van der Waals surface area contributed by atoms with Crippen LogP contribution in [-0.2, 0) is 4.74 Å². The second-order valence-electron chi connectivity index (χ2n) is 9.70. The number of benzene rings is 5. The van der Waals surface area contributed by atoms with Crippen LogP contribution in [0.3, 0.4) is 0 Å². The van der Waals surface area contributed by atoms with Crippen LogP contribution >= 0.6 is 15.8 Å². The lowest BCUT2D eigenvalue weighted by Crippen LogP contribution is -2.55. The minimum absolute atomic E-state index is 0.449. The molecule has 5 rings (SSSR count). The second kappa shape index (κ2) is 14.4. The summed E-state index contributed by atoms with van der Waals surface area (Å²) in [6.07, 6.45) is 0. The lowest BCUT2D eigenvalue weighted by atomic mass is 10.4.